The third-order valence-corrected chi connectivity index (χ3v) is 14.2. The average Bonchev–Trinajstić information content (AvgIpc) is 3.13. The van der Waals surface area contributed by atoms with Gasteiger partial charge in [0.1, 0.15) is 0 Å². The predicted octanol–water partition coefficient (Wildman–Crippen LogP) is 16.7. The Labute approximate surface area is 365 Å². The Bertz CT molecular complexity index is 2200. The van der Waals surface area contributed by atoms with E-state index in [4.69, 9.17) is 0 Å². The van der Waals surface area contributed by atoms with Gasteiger partial charge in [0.2, 0.25) is 0 Å². The predicted molar refractivity (Wildman–Crippen MR) is 263 cm³/mol. The van der Waals surface area contributed by atoms with Crippen LogP contribution in [0, 0.1) is 125 Å². The summed E-state index contributed by atoms with van der Waals surface area (Å²) in [7, 11) is 0. The first kappa shape index (κ1) is 47.3. The van der Waals surface area contributed by atoms with Gasteiger partial charge in [0.15, 0.2) is 0 Å². The van der Waals surface area contributed by atoms with Gasteiger partial charge in [0.25, 0.3) is 0 Å². The highest BCUT2D eigenvalue weighted by molar-refractivity contribution is 7.99. The lowest BCUT2D eigenvalue weighted by Crippen LogP contribution is -2.23. The Balaban J connectivity index is 0.000000196. The van der Waals surface area contributed by atoms with Gasteiger partial charge < -0.3 is 0 Å². The molecule has 0 radical (unpaired) electrons. The summed E-state index contributed by atoms with van der Waals surface area (Å²) in [6.45, 7) is 44.5. The van der Waals surface area contributed by atoms with Crippen LogP contribution in [0.25, 0.3) is 0 Å². The van der Waals surface area contributed by atoms with Gasteiger partial charge >= 0.3 is 0 Å². The molecule has 6 aromatic rings. The number of rotatable bonds is 6. The molecule has 0 N–H and O–H groups in total. The molecule has 312 valence electrons. The molecule has 0 heterocycles. The molecular formula is C58H74S. The molecule has 59 heavy (non-hydrogen) atoms. The molecule has 1 heteroatoms. The average molecular weight is 803 g/mol. The monoisotopic (exact) mass is 803 g/mol. The topological polar surface area (TPSA) is 0 Å². The molecule has 0 amide bonds. The molecule has 0 atom stereocenters. The van der Waals surface area contributed by atoms with Crippen LogP contribution in [0.4, 0.5) is 0 Å². The molecule has 0 bridgehead atoms. The van der Waals surface area contributed by atoms with Gasteiger partial charge in [-0.05, 0) is 243 Å². The highest BCUT2D eigenvalue weighted by Crippen LogP contribution is 2.39. The van der Waals surface area contributed by atoms with E-state index >= 15 is 0 Å². The fraction of sp³-hybridized carbons (Fsp3) is 0.379. The second kappa shape index (κ2) is 19.4. The highest BCUT2D eigenvalue weighted by Gasteiger charge is 2.28. The first-order chi connectivity index (χ1) is 27.4. The lowest BCUT2D eigenvalue weighted by atomic mass is 9.72. The smallest absolute Gasteiger partial charge is 0.0156 e. The van der Waals surface area contributed by atoms with E-state index in [1.54, 1.807) is 0 Å². The zero-order valence-electron chi connectivity index (χ0n) is 40.5. The Morgan fingerprint density at radius 2 is 0.559 bits per heavy atom. The summed E-state index contributed by atoms with van der Waals surface area (Å²) in [6.07, 6.45) is 1.04. The van der Waals surface area contributed by atoms with E-state index in [1.807, 2.05) is 11.8 Å². The minimum atomic E-state index is 0.0295. The molecule has 0 aliphatic rings. The van der Waals surface area contributed by atoms with E-state index in [1.165, 1.54) is 132 Å². The summed E-state index contributed by atoms with van der Waals surface area (Å²) in [4.78, 5) is 2.76. The zero-order chi connectivity index (χ0) is 44.3. The van der Waals surface area contributed by atoms with Crippen molar-refractivity contribution in [2.45, 2.75) is 160 Å². The summed E-state index contributed by atoms with van der Waals surface area (Å²) in [5.74, 6) is 0. The second-order valence-corrected chi connectivity index (χ2v) is 19.6. The molecule has 6 aromatic carbocycles. The quantitative estimate of drug-likeness (QED) is 0.162. The Hall–Kier alpha value is -4.33. The summed E-state index contributed by atoms with van der Waals surface area (Å²) >= 11 is 1.90. The Morgan fingerprint density at radius 1 is 0.305 bits per heavy atom. The third kappa shape index (κ3) is 11.5. The van der Waals surface area contributed by atoms with E-state index in [0.29, 0.717) is 0 Å². The van der Waals surface area contributed by atoms with Crippen LogP contribution in [0.3, 0.4) is 0 Å². The molecule has 0 aliphatic heterocycles. The molecule has 0 aromatic heterocycles. The number of aryl methyl sites for hydroxylation is 12. The van der Waals surface area contributed by atoms with Crippen molar-refractivity contribution in [2.24, 2.45) is 0 Å². The molecular weight excluding hydrogens is 729 g/mol. The zero-order valence-corrected chi connectivity index (χ0v) is 41.4. The Kier molecular flexibility index (Phi) is 15.5. The van der Waals surface area contributed by atoms with Crippen molar-refractivity contribution in [1.29, 1.82) is 0 Å². The van der Waals surface area contributed by atoms with Crippen molar-refractivity contribution >= 4 is 11.8 Å². The lowest BCUT2D eigenvalue weighted by molar-refractivity contribution is 0.628. The van der Waals surface area contributed by atoms with Gasteiger partial charge in [-0.25, -0.2) is 0 Å². The summed E-state index contributed by atoms with van der Waals surface area (Å²) in [5.41, 5.74) is 30.8. The first-order valence-corrected chi connectivity index (χ1v) is 22.4. The second-order valence-electron chi connectivity index (χ2n) is 18.6. The largest absolute Gasteiger partial charge is 0.0895 e. The standard InChI is InChI=1S/C21H28.C19H24.C18H22S/c1-13-9-15(3)17(5)19(11-13)21(7,8)20-12-14(2)10-16(4)18(20)6;1-12-7-14(3)16(5)18(9-12)11-19-10-13(2)8-15(4)17(19)6;1-11-7-13(3)15(5)17(9-11)19-18-10-12(2)8-14(4)16(18)6/h9-12H,1-8H3;7-10H,11H2,1-6H3;7-10H,1-6H3. The van der Waals surface area contributed by atoms with Crippen LogP contribution in [-0.2, 0) is 11.8 Å². The van der Waals surface area contributed by atoms with Crippen molar-refractivity contribution in [2.75, 3.05) is 0 Å². The van der Waals surface area contributed by atoms with Crippen molar-refractivity contribution in [3.05, 3.63) is 195 Å². The molecule has 0 spiro atoms. The van der Waals surface area contributed by atoms with E-state index < -0.39 is 0 Å². The first-order valence-electron chi connectivity index (χ1n) is 21.5. The van der Waals surface area contributed by atoms with Gasteiger partial charge in [-0.15, -0.1) is 0 Å². The molecule has 0 saturated heterocycles. The molecule has 6 rings (SSSR count). The van der Waals surface area contributed by atoms with E-state index in [2.05, 4.69) is 211 Å². The molecule has 0 fully saturated rings. The van der Waals surface area contributed by atoms with Gasteiger partial charge in [0.05, 0.1) is 0 Å². The number of hydrogen-bond acceptors (Lipinski definition) is 1. The highest BCUT2D eigenvalue weighted by atomic mass is 32.2. The van der Waals surface area contributed by atoms with E-state index in [9.17, 15) is 0 Å². The number of hydrogen-bond donors (Lipinski definition) is 0. The molecule has 0 saturated carbocycles. The molecule has 0 nitrogen and oxygen atoms in total. The summed E-state index contributed by atoms with van der Waals surface area (Å²) in [5, 5.41) is 0. The van der Waals surface area contributed by atoms with E-state index in [-0.39, 0.29) is 5.41 Å². The Morgan fingerprint density at radius 3 is 0.881 bits per heavy atom. The van der Waals surface area contributed by atoms with E-state index in [0.717, 1.165) is 6.42 Å². The van der Waals surface area contributed by atoms with Crippen LogP contribution in [0.2, 0.25) is 0 Å². The fourth-order valence-electron chi connectivity index (χ4n) is 8.68. The summed E-state index contributed by atoms with van der Waals surface area (Å²) < 4.78 is 0. The fourth-order valence-corrected chi connectivity index (χ4v) is 10.0. The lowest BCUT2D eigenvalue weighted by Gasteiger charge is -2.31. The SMILES string of the molecule is Cc1cc(C)c(C)c(C(C)(C)c2cc(C)cc(C)c2C)c1.Cc1cc(C)c(C)c(Cc2cc(C)cc(C)c2C)c1.Cc1cc(C)c(C)c(Sc2cc(C)cc(C)c2C)c1. The van der Waals surface area contributed by atoms with Gasteiger partial charge in [-0.3, -0.25) is 0 Å². The third-order valence-electron chi connectivity index (χ3n) is 12.9. The van der Waals surface area contributed by atoms with Crippen molar-refractivity contribution < 1.29 is 0 Å². The van der Waals surface area contributed by atoms with Crippen LogP contribution in [0.5, 0.6) is 0 Å². The molecule has 0 aliphatic carbocycles. The maximum absolute atomic E-state index is 2.36. The van der Waals surface area contributed by atoms with Gasteiger partial charge in [0, 0.05) is 15.2 Å². The number of benzene rings is 6. The van der Waals surface area contributed by atoms with Crippen LogP contribution < -0.4 is 0 Å². The van der Waals surface area contributed by atoms with Crippen LogP contribution in [0.1, 0.15) is 136 Å². The minimum Gasteiger partial charge on any atom is -0.0895 e. The van der Waals surface area contributed by atoms with Gasteiger partial charge in [-0.1, -0.05) is 109 Å². The maximum atomic E-state index is 2.36. The normalized spacial score (nSPS) is 11.2. The maximum Gasteiger partial charge on any atom is 0.0156 e. The summed E-state index contributed by atoms with van der Waals surface area (Å²) in [6, 6.07) is 27.6. The minimum absolute atomic E-state index is 0.0295. The van der Waals surface area contributed by atoms with Crippen LogP contribution in [-0.4, -0.2) is 0 Å². The van der Waals surface area contributed by atoms with Crippen LogP contribution in [0.15, 0.2) is 82.6 Å². The van der Waals surface area contributed by atoms with Crippen molar-refractivity contribution in [1.82, 2.24) is 0 Å². The van der Waals surface area contributed by atoms with Gasteiger partial charge in [-0.2, -0.15) is 0 Å². The van der Waals surface area contributed by atoms with Crippen molar-refractivity contribution in [3.63, 3.8) is 0 Å². The molecule has 0 unspecified atom stereocenters. The van der Waals surface area contributed by atoms with Crippen molar-refractivity contribution in [3.8, 4) is 0 Å². The van der Waals surface area contributed by atoms with Crippen LogP contribution >= 0.6 is 11.8 Å².